The Balaban J connectivity index is 2.00. The van der Waals surface area contributed by atoms with Gasteiger partial charge in [0, 0.05) is 18.4 Å². The number of nitrogens with one attached hydrogen (secondary N) is 1. The Kier molecular flexibility index (Phi) is 8.92. The molecular formula is C17H33NO2. The van der Waals surface area contributed by atoms with E-state index in [1.807, 2.05) is 0 Å². The molecule has 118 valence electrons. The molecule has 0 aromatic rings. The highest BCUT2D eigenvalue weighted by Crippen LogP contribution is 2.36. The van der Waals surface area contributed by atoms with Crippen molar-refractivity contribution < 1.29 is 9.90 Å². The van der Waals surface area contributed by atoms with E-state index >= 15 is 0 Å². The van der Waals surface area contributed by atoms with Crippen molar-refractivity contribution in [1.82, 2.24) is 5.32 Å². The van der Waals surface area contributed by atoms with Gasteiger partial charge in [-0.05, 0) is 19.3 Å². The first-order valence-electron chi connectivity index (χ1n) is 8.60. The molecule has 1 rings (SSSR count). The van der Waals surface area contributed by atoms with Gasteiger partial charge >= 0.3 is 0 Å². The lowest BCUT2D eigenvalue weighted by Gasteiger charge is -2.26. The fraction of sp³-hybridized carbons (Fsp3) is 0.941. The van der Waals surface area contributed by atoms with E-state index in [2.05, 4.69) is 12.2 Å². The van der Waals surface area contributed by atoms with Gasteiger partial charge in [0.15, 0.2) is 0 Å². The molecule has 1 amide bonds. The number of carbonyl (C=O) groups is 1. The zero-order valence-electron chi connectivity index (χ0n) is 13.3. The van der Waals surface area contributed by atoms with E-state index in [-0.39, 0.29) is 17.9 Å². The molecule has 0 radical (unpaired) electrons. The van der Waals surface area contributed by atoms with E-state index in [1.165, 1.54) is 51.4 Å². The summed E-state index contributed by atoms with van der Waals surface area (Å²) in [4.78, 5) is 11.8. The van der Waals surface area contributed by atoms with Crippen LogP contribution in [0.15, 0.2) is 0 Å². The standard InChI is InChI=1S/C17H33NO2/c1-2-3-4-5-6-7-8-11-16(20)18-14-17(15-19)12-9-10-13-17/h19H,2-15H2,1H3,(H,18,20). The van der Waals surface area contributed by atoms with Crippen LogP contribution in [-0.2, 0) is 4.79 Å². The van der Waals surface area contributed by atoms with Crippen LogP contribution in [0.3, 0.4) is 0 Å². The summed E-state index contributed by atoms with van der Waals surface area (Å²) in [6.07, 6.45) is 13.8. The minimum atomic E-state index is -0.0180. The van der Waals surface area contributed by atoms with Gasteiger partial charge in [0.2, 0.25) is 5.91 Å². The molecule has 0 unspecified atom stereocenters. The van der Waals surface area contributed by atoms with E-state index in [4.69, 9.17) is 0 Å². The van der Waals surface area contributed by atoms with E-state index in [0.29, 0.717) is 13.0 Å². The highest BCUT2D eigenvalue weighted by Gasteiger charge is 2.33. The zero-order valence-corrected chi connectivity index (χ0v) is 13.3. The van der Waals surface area contributed by atoms with Crippen molar-refractivity contribution in [3.63, 3.8) is 0 Å². The number of aliphatic hydroxyl groups is 1. The highest BCUT2D eigenvalue weighted by atomic mass is 16.3. The van der Waals surface area contributed by atoms with Crippen LogP contribution in [0.5, 0.6) is 0 Å². The van der Waals surface area contributed by atoms with E-state index in [0.717, 1.165) is 19.3 Å². The molecule has 0 aromatic carbocycles. The summed E-state index contributed by atoms with van der Waals surface area (Å²) in [5, 5.41) is 12.5. The first-order chi connectivity index (χ1) is 9.72. The van der Waals surface area contributed by atoms with E-state index in [1.54, 1.807) is 0 Å². The molecule has 0 spiro atoms. The van der Waals surface area contributed by atoms with E-state index < -0.39 is 0 Å². The maximum atomic E-state index is 11.8. The lowest BCUT2D eigenvalue weighted by Crippen LogP contribution is -2.38. The Morgan fingerprint density at radius 3 is 2.25 bits per heavy atom. The van der Waals surface area contributed by atoms with Gasteiger partial charge in [-0.25, -0.2) is 0 Å². The maximum absolute atomic E-state index is 11.8. The second-order valence-electron chi connectivity index (χ2n) is 6.51. The Hall–Kier alpha value is -0.570. The molecule has 1 fully saturated rings. The molecular weight excluding hydrogens is 250 g/mol. The minimum Gasteiger partial charge on any atom is -0.396 e. The Labute approximate surface area is 124 Å². The average Bonchev–Trinajstić information content (AvgIpc) is 2.94. The number of unbranched alkanes of at least 4 members (excludes halogenated alkanes) is 6. The van der Waals surface area contributed by atoms with Crippen molar-refractivity contribution in [2.24, 2.45) is 5.41 Å². The summed E-state index contributed by atoms with van der Waals surface area (Å²) in [5.74, 6) is 0.165. The quantitative estimate of drug-likeness (QED) is 0.567. The number of hydrogen-bond donors (Lipinski definition) is 2. The molecule has 0 aromatic heterocycles. The van der Waals surface area contributed by atoms with Gasteiger partial charge in [-0.1, -0.05) is 58.3 Å². The van der Waals surface area contributed by atoms with Crippen molar-refractivity contribution in [3.05, 3.63) is 0 Å². The fourth-order valence-electron chi connectivity index (χ4n) is 3.13. The van der Waals surface area contributed by atoms with Crippen LogP contribution in [0.1, 0.15) is 84.0 Å². The normalized spacial score (nSPS) is 17.3. The molecule has 1 aliphatic rings. The van der Waals surface area contributed by atoms with Crippen molar-refractivity contribution in [2.75, 3.05) is 13.2 Å². The van der Waals surface area contributed by atoms with Crippen molar-refractivity contribution in [1.29, 1.82) is 0 Å². The minimum absolute atomic E-state index is 0.0180. The topological polar surface area (TPSA) is 49.3 Å². The number of hydrogen-bond acceptors (Lipinski definition) is 2. The molecule has 0 aliphatic heterocycles. The predicted octanol–water partition coefficient (Wildman–Crippen LogP) is 3.80. The summed E-state index contributed by atoms with van der Waals surface area (Å²) >= 11 is 0. The number of rotatable bonds is 11. The first-order valence-corrected chi connectivity index (χ1v) is 8.60. The third-order valence-corrected chi connectivity index (χ3v) is 4.67. The molecule has 0 atom stereocenters. The van der Waals surface area contributed by atoms with Crippen LogP contribution >= 0.6 is 0 Å². The van der Waals surface area contributed by atoms with Gasteiger partial charge in [0.05, 0.1) is 6.61 Å². The summed E-state index contributed by atoms with van der Waals surface area (Å²) in [5.41, 5.74) is -0.0180. The highest BCUT2D eigenvalue weighted by molar-refractivity contribution is 5.75. The van der Waals surface area contributed by atoms with Crippen LogP contribution < -0.4 is 5.32 Å². The van der Waals surface area contributed by atoms with Crippen molar-refractivity contribution in [3.8, 4) is 0 Å². The Morgan fingerprint density at radius 1 is 1.05 bits per heavy atom. The number of amides is 1. The second-order valence-corrected chi connectivity index (χ2v) is 6.51. The Bertz CT molecular complexity index is 260. The fourth-order valence-corrected chi connectivity index (χ4v) is 3.13. The smallest absolute Gasteiger partial charge is 0.220 e. The Morgan fingerprint density at radius 2 is 1.65 bits per heavy atom. The van der Waals surface area contributed by atoms with Gasteiger partial charge in [0.25, 0.3) is 0 Å². The van der Waals surface area contributed by atoms with Crippen LogP contribution in [0.4, 0.5) is 0 Å². The van der Waals surface area contributed by atoms with Crippen LogP contribution in [-0.4, -0.2) is 24.2 Å². The predicted molar refractivity (Wildman–Crippen MR) is 83.6 cm³/mol. The molecule has 3 heteroatoms. The molecule has 1 aliphatic carbocycles. The summed E-state index contributed by atoms with van der Waals surface area (Å²) in [7, 11) is 0. The number of aliphatic hydroxyl groups excluding tert-OH is 1. The molecule has 0 bridgehead atoms. The first kappa shape index (κ1) is 17.5. The van der Waals surface area contributed by atoms with Crippen LogP contribution in [0.25, 0.3) is 0 Å². The lowest BCUT2D eigenvalue weighted by atomic mass is 9.87. The van der Waals surface area contributed by atoms with E-state index in [9.17, 15) is 9.90 Å². The molecule has 0 saturated heterocycles. The molecule has 20 heavy (non-hydrogen) atoms. The van der Waals surface area contributed by atoms with Crippen LogP contribution in [0, 0.1) is 5.41 Å². The summed E-state index contributed by atoms with van der Waals surface area (Å²) in [6.45, 7) is 3.11. The van der Waals surface area contributed by atoms with Crippen molar-refractivity contribution >= 4 is 5.91 Å². The number of carbonyl (C=O) groups excluding carboxylic acids is 1. The molecule has 3 nitrogen and oxygen atoms in total. The van der Waals surface area contributed by atoms with Crippen molar-refractivity contribution in [2.45, 2.75) is 84.0 Å². The lowest BCUT2D eigenvalue weighted by molar-refractivity contribution is -0.121. The third-order valence-electron chi connectivity index (χ3n) is 4.67. The van der Waals surface area contributed by atoms with Gasteiger partial charge in [-0.2, -0.15) is 0 Å². The van der Waals surface area contributed by atoms with Crippen LogP contribution in [0.2, 0.25) is 0 Å². The summed E-state index contributed by atoms with van der Waals surface area (Å²) < 4.78 is 0. The molecule has 2 N–H and O–H groups in total. The van der Waals surface area contributed by atoms with Gasteiger partial charge in [-0.3, -0.25) is 4.79 Å². The molecule has 0 heterocycles. The second kappa shape index (κ2) is 10.2. The SMILES string of the molecule is CCCCCCCCCC(=O)NCC1(CO)CCCC1. The monoisotopic (exact) mass is 283 g/mol. The average molecular weight is 283 g/mol. The van der Waals surface area contributed by atoms with Gasteiger partial charge in [-0.15, -0.1) is 0 Å². The summed E-state index contributed by atoms with van der Waals surface area (Å²) in [6, 6.07) is 0. The van der Waals surface area contributed by atoms with Gasteiger partial charge in [0.1, 0.15) is 0 Å². The third kappa shape index (κ3) is 6.74. The zero-order chi connectivity index (χ0) is 14.7. The maximum Gasteiger partial charge on any atom is 0.220 e. The largest absolute Gasteiger partial charge is 0.396 e. The molecule has 1 saturated carbocycles. The van der Waals surface area contributed by atoms with Gasteiger partial charge < -0.3 is 10.4 Å².